The largest absolute Gasteiger partial charge is 0.370 e. The highest BCUT2D eigenvalue weighted by Gasteiger charge is 2.17. The lowest BCUT2D eigenvalue weighted by Gasteiger charge is -2.32. The zero-order valence-corrected chi connectivity index (χ0v) is 10.7. The Kier molecular flexibility index (Phi) is 4.12. The maximum Gasteiger partial charge on any atom is 0.268 e. The minimum Gasteiger partial charge on any atom is -0.370 e. The number of hydrogen-bond donors (Lipinski definition) is 0. The molecule has 0 radical (unpaired) electrons. The molecule has 18 heavy (non-hydrogen) atoms. The highest BCUT2D eigenvalue weighted by atomic mass is 16.1. The summed E-state index contributed by atoms with van der Waals surface area (Å²) in [6.45, 7) is 4.56. The van der Waals surface area contributed by atoms with E-state index >= 15 is 0 Å². The summed E-state index contributed by atoms with van der Waals surface area (Å²) in [5.41, 5.74) is 0.765. The minimum absolute atomic E-state index is 0.132. The van der Waals surface area contributed by atoms with Crippen LogP contribution in [0.2, 0.25) is 0 Å². The van der Waals surface area contributed by atoms with Gasteiger partial charge in [-0.3, -0.25) is 4.79 Å². The molecule has 0 bridgehead atoms. The number of aromatic nitrogens is 2. The van der Waals surface area contributed by atoms with Crippen LogP contribution >= 0.6 is 0 Å². The number of anilines is 1. The van der Waals surface area contributed by atoms with E-state index in [1.807, 2.05) is 0 Å². The molecule has 0 aromatic carbocycles. The van der Waals surface area contributed by atoms with Crippen molar-refractivity contribution in [2.45, 2.75) is 32.7 Å². The molecule has 1 aliphatic rings. The first kappa shape index (κ1) is 12.8. The Morgan fingerprint density at radius 3 is 3.06 bits per heavy atom. The lowest BCUT2D eigenvalue weighted by Crippen LogP contribution is -2.35. The Bertz CT molecular complexity index is 470. The quantitative estimate of drug-likeness (QED) is 0.749. The molecule has 0 aliphatic carbocycles. The van der Waals surface area contributed by atoms with Gasteiger partial charge in [-0.1, -0.05) is 6.92 Å². The topological polar surface area (TPSA) is 55.2 Å². The molecule has 0 spiro atoms. The van der Waals surface area contributed by atoms with Gasteiger partial charge >= 0.3 is 0 Å². The standard InChI is InChI=1S/C13H19N3O2/c1-11-4-2-5-15(10-11)12-8-13(18)16(14-9-12)6-3-7-17/h7-9,11H,2-6,10H2,1H3. The molecular weight excluding hydrogens is 230 g/mol. The van der Waals surface area contributed by atoms with Gasteiger partial charge in [0, 0.05) is 25.6 Å². The van der Waals surface area contributed by atoms with Crippen molar-refractivity contribution in [2.24, 2.45) is 5.92 Å². The number of carbonyl (C=O) groups excluding carboxylic acids is 1. The van der Waals surface area contributed by atoms with E-state index < -0.39 is 0 Å². The number of hydrogen-bond acceptors (Lipinski definition) is 4. The molecule has 98 valence electrons. The lowest BCUT2D eigenvalue weighted by molar-refractivity contribution is -0.108. The van der Waals surface area contributed by atoms with Crippen LogP contribution < -0.4 is 10.5 Å². The SMILES string of the molecule is CC1CCCN(c2cnn(CCC=O)c(=O)c2)C1. The number of carbonyl (C=O) groups is 1. The fourth-order valence-corrected chi connectivity index (χ4v) is 2.36. The van der Waals surface area contributed by atoms with Crippen LogP contribution in [0.4, 0.5) is 5.69 Å². The van der Waals surface area contributed by atoms with Crippen LogP contribution in [0.25, 0.3) is 0 Å². The van der Waals surface area contributed by atoms with Crippen LogP contribution in [0.3, 0.4) is 0 Å². The van der Waals surface area contributed by atoms with Gasteiger partial charge in [0.15, 0.2) is 0 Å². The maximum absolute atomic E-state index is 11.8. The van der Waals surface area contributed by atoms with Crippen LogP contribution in [0.15, 0.2) is 17.1 Å². The average molecular weight is 249 g/mol. The molecule has 1 fully saturated rings. The molecule has 1 aromatic rings. The van der Waals surface area contributed by atoms with E-state index in [9.17, 15) is 9.59 Å². The summed E-state index contributed by atoms with van der Waals surface area (Å²) in [5.74, 6) is 0.663. The van der Waals surface area contributed by atoms with E-state index in [0.717, 1.165) is 31.5 Å². The van der Waals surface area contributed by atoms with Gasteiger partial charge in [-0.25, -0.2) is 4.68 Å². The van der Waals surface area contributed by atoms with Gasteiger partial charge < -0.3 is 9.69 Å². The lowest BCUT2D eigenvalue weighted by atomic mass is 10.00. The Hall–Kier alpha value is -1.65. The maximum atomic E-state index is 11.8. The van der Waals surface area contributed by atoms with E-state index in [1.165, 1.54) is 11.1 Å². The highest BCUT2D eigenvalue weighted by molar-refractivity contribution is 5.49. The van der Waals surface area contributed by atoms with Gasteiger partial charge in [0.05, 0.1) is 18.4 Å². The fourth-order valence-electron chi connectivity index (χ4n) is 2.36. The second-order valence-corrected chi connectivity index (χ2v) is 4.92. The summed E-state index contributed by atoms with van der Waals surface area (Å²) in [5, 5.41) is 4.12. The van der Waals surface area contributed by atoms with Gasteiger partial charge in [-0.05, 0) is 18.8 Å². The summed E-state index contributed by atoms with van der Waals surface area (Å²) in [4.78, 5) is 24.3. The summed E-state index contributed by atoms with van der Waals surface area (Å²) >= 11 is 0. The first-order chi connectivity index (χ1) is 8.70. The molecule has 0 N–H and O–H groups in total. The Labute approximate surface area is 106 Å². The number of aldehydes is 1. The normalized spacial score (nSPS) is 19.8. The molecule has 1 saturated heterocycles. The average Bonchev–Trinajstić information content (AvgIpc) is 2.37. The summed E-state index contributed by atoms with van der Waals surface area (Å²) in [7, 11) is 0. The van der Waals surface area contributed by atoms with Crippen LogP contribution in [0.1, 0.15) is 26.2 Å². The van der Waals surface area contributed by atoms with Crippen LogP contribution in [0, 0.1) is 5.92 Å². The Morgan fingerprint density at radius 1 is 1.56 bits per heavy atom. The number of rotatable bonds is 4. The van der Waals surface area contributed by atoms with Crippen molar-refractivity contribution in [3.8, 4) is 0 Å². The van der Waals surface area contributed by atoms with Gasteiger partial charge in [-0.2, -0.15) is 5.10 Å². The first-order valence-electron chi connectivity index (χ1n) is 6.46. The van der Waals surface area contributed by atoms with Crippen molar-refractivity contribution in [3.63, 3.8) is 0 Å². The molecule has 0 amide bonds. The third-order valence-corrected chi connectivity index (χ3v) is 3.34. The fraction of sp³-hybridized carbons (Fsp3) is 0.615. The summed E-state index contributed by atoms with van der Waals surface area (Å²) < 4.78 is 1.34. The predicted molar refractivity (Wildman–Crippen MR) is 69.8 cm³/mol. The molecule has 1 aliphatic heterocycles. The van der Waals surface area contributed by atoms with Crippen molar-refractivity contribution >= 4 is 12.0 Å². The van der Waals surface area contributed by atoms with E-state index in [-0.39, 0.29) is 5.56 Å². The molecule has 2 rings (SSSR count). The summed E-state index contributed by atoms with van der Waals surface area (Å²) in [6.07, 6.45) is 5.27. The van der Waals surface area contributed by atoms with E-state index in [2.05, 4.69) is 16.9 Å². The Morgan fingerprint density at radius 2 is 2.39 bits per heavy atom. The molecule has 1 unspecified atom stereocenters. The molecular formula is C13H19N3O2. The van der Waals surface area contributed by atoms with E-state index in [1.54, 1.807) is 12.3 Å². The van der Waals surface area contributed by atoms with E-state index in [0.29, 0.717) is 18.9 Å². The van der Waals surface area contributed by atoms with Crippen molar-refractivity contribution in [1.82, 2.24) is 9.78 Å². The monoisotopic (exact) mass is 249 g/mol. The number of nitrogens with zero attached hydrogens (tertiary/aromatic N) is 3. The van der Waals surface area contributed by atoms with Crippen molar-refractivity contribution < 1.29 is 4.79 Å². The summed E-state index contributed by atoms with van der Waals surface area (Å²) in [6, 6.07) is 1.62. The molecule has 2 heterocycles. The molecule has 0 saturated carbocycles. The van der Waals surface area contributed by atoms with Crippen molar-refractivity contribution in [3.05, 3.63) is 22.6 Å². The molecule has 5 nitrogen and oxygen atoms in total. The van der Waals surface area contributed by atoms with Crippen LogP contribution in [0.5, 0.6) is 0 Å². The van der Waals surface area contributed by atoms with Gasteiger partial charge in [0.1, 0.15) is 6.29 Å². The third kappa shape index (κ3) is 2.97. The van der Waals surface area contributed by atoms with Crippen LogP contribution in [-0.2, 0) is 11.3 Å². The van der Waals surface area contributed by atoms with Crippen LogP contribution in [-0.4, -0.2) is 29.2 Å². The molecule has 1 atom stereocenters. The van der Waals surface area contributed by atoms with Gasteiger partial charge in [0.25, 0.3) is 5.56 Å². The zero-order chi connectivity index (χ0) is 13.0. The zero-order valence-electron chi connectivity index (χ0n) is 10.7. The Balaban J connectivity index is 2.12. The van der Waals surface area contributed by atoms with E-state index in [4.69, 9.17) is 0 Å². The number of aryl methyl sites for hydroxylation is 1. The highest BCUT2D eigenvalue weighted by Crippen LogP contribution is 2.20. The third-order valence-electron chi connectivity index (χ3n) is 3.34. The number of piperidine rings is 1. The van der Waals surface area contributed by atoms with Crippen molar-refractivity contribution in [1.29, 1.82) is 0 Å². The van der Waals surface area contributed by atoms with Crippen molar-refractivity contribution in [2.75, 3.05) is 18.0 Å². The van der Waals surface area contributed by atoms with Gasteiger partial charge in [-0.15, -0.1) is 0 Å². The molecule has 5 heteroatoms. The molecule has 1 aromatic heterocycles. The first-order valence-corrected chi connectivity index (χ1v) is 6.46. The van der Waals surface area contributed by atoms with Gasteiger partial charge in [0.2, 0.25) is 0 Å². The predicted octanol–water partition coefficient (Wildman–Crippen LogP) is 1.07. The smallest absolute Gasteiger partial charge is 0.268 e. The minimum atomic E-state index is -0.132. The second kappa shape index (κ2) is 5.80. The second-order valence-electron chi connectivity index (χ2n) is 4.92.